The molecule has 0 saturated carbocycles. The van der Waals surface area contributed by atoms with Crippen molar-refractivity contribution in [3.05, 3.63) is 12.4 Å². The fraction of sp³-hybridized carbons (Fsp3) is 0.625. The van der Waals surface area contributed by atoms with Crippen LogP contribution in [0.1, 0.15) is 26.7 Å². The van der Waals surface area contributed by atoms with E-state index in [1.54, 1.807) is 0 Å². The Morgan fingerprint density at radius 3 is 2.80 bits per heavy atom. The van der Waals surface area contributed by atoms with Crippen molar-refractivity contribution in [1.82, 2.24) is 0 Å². The Labute approximate surface area is 62.8 Å². The van der Waals surface area contributed by atoms with Gasteiger partial charge in [0, 0.05) is 6.21 Å². The summed E-state index contributed by atoms with van der Waals surface area (Å²) in [5.41, 5.74) is 5.24. The molecule has 1 unspecified atom stereocenters. The molecule has 1 atom stereocenters. The molecule has 0 amide bonds. The maximum absolute atomic E-state index is 5.24. The highest BCUT2D eigenvalue weighted by atomic mass is 14.9. The van der Waals surface area contributed by atoms with E-state index in [2.05, 4.69) is 25.4 Å². The van der Waals surface area contributed by atoms with Gasteiger partial charge in [0.15, 0.2) is 0 Å². The van der Waals surface area contributed by atoms with Crippen LogP contribution in [0.3, 0.4) is 0 Å². The number of nitrogens with two attached hydrogens (primary N) is 1. The van der Waals surface area contributed by atoms with Gasteiger partial charge in [0.25, 0.3) is 0 Å². The largest absolute Gasteiger partial charge is 0.384 e. The molecule has 2 nitrogen and oxygen atoms in total. The highest BCUT2D eigenvalue weighted by Gasteiger charge is 1.93. The van der Waals surface area contributed by atoms with E-state index < -0.39 is 0 Å². The highest BCUT2D eigenvalue weighted by molar-refractivity contribution is 5.61. The van der Waals surface area contributed by atoms with Crippen molar-refractivity contribution < 1.29 is 0 Å². The predicted molar refractivity (Wildman–Crippen MR) is 45.9 cm³/mol. The average Bonchev–Trinajstić information content (AvgIpc) is 1.85. The summed E-state index contributed by atoms with van der Waals surface area (Å²) in [4.78, 5) is 3.90. The first-order valence-corrected chi connectivity index (χ1v) is 3.65. The molecule has 10 heavy (non-hydrogen) atoms. The molecule has 0 aromatic rings. The summed E-state index contributed by atoms with van der Waals surface area (Å²) in [5, 5.41) is 0. The lowest BCUT2D eigenvalue weighted by molar-refractivity contribution is 0.677. The number of rotatable bonds is 4. The first-order chi connectivity index (χ1) is 4.66. The SMILES string of the molecule is C=C(N)/N=C\C(C)CCC. The van der Waals surface area contributed by atoms with Gasteiger partial charge in [0.2, 0.25) is 0 Å². The molecule has 0 radical (unpaired) electrons. The molecule has 0 aliphatic heterocycles. The Bertz CT molecular complexity index is 127. The minimum absolute atomic E-state index is 0.392. The third-order valence-corrected chi connectivity index (χ3v) is 1.24. The first kappa shape index (κ1) is 9.21. The van der Waals surface area contributed by atoms with E-state index >= 15 is 0 Å². The minimum Gasteiger partial charge on any atom is -0.384 e. The zero-order valence-corrected chi connectivity index (χ0v) is 6.80. The van der Waals surface area contributed by atoms with E-state index in [-0.39, 0.29) is 0 Å². The van der Waals surface area contributed by atoms with Crippen molar-refractivity contribution >= 4 is 6.21 Å². The maximum atomic E-state index is 5.24. The molecular formula is C8H16N2. The standard InChI is InChI=1S/C8H16N2/c1-4-5-7(2)6-10-8(3)9/h6-7H,3-5,9H2,1-2H3/b10-6-. The van der Waals surface area contributed by atoms with Gasteiger partial charge in [-0.1, -0.05) is 26.8 Å². The van der Waals surface area contributed by atoms with Crippen LogP contribution in [0, 0.1) is 5.92 Å². The molecule has 0 aromatic heterocycles. The topological polar surface area (TPSA) is 38.4 Å². The molecule has 0 rings (SSSR count). The van der Waals surface area contributed by atoms with Gasteiger partial charge in [-0.2, -0.15) is 0 Å². The zero-order valence-electron chi connectivity index (χ0n) is 6.80. The third-order valence-electron chi connectivity index (χ3n) is 1.24. The number of aliphatic imine (C=N–C) groups is 1. The minimum atomic E-state index is 0.392. The zero-order chi connectivity index (χ0) is 7.98. The normalized spacial score (nSPS) is 13.8. The first-order valence-electron chi connectivity index (χ1n) is 3.65. The second-order valence-corrected chi connectivity index (χ2v) is 2.54. The summed E-state index contributed by atoms with van der Waals surface area (Å²) >= 11 is 0. The molecule has 0 aliphatic carbocycles. The van der Waals surface area contributed by atoms with Gasteiger partial charge in [-0.05, 0) is 12.3 Å². The third kappa shape index (κ3) is 5.35. The quantitative estimate of drug-likeness (QED) is 0.595. The van der Waals surface area contributed by atoms with Crippen molar-refractivity contribution in [2.24, 2.45) is 16.6 Å². The Hall–Kier alpha value is -0.790. The van der Waals surface area contributed by atoms with E-state index in [1.165, 1.54) is 6.42 Å². The number of hydrogen-bond donors (Lipinski definition) is 1. The van der Waals surface area contributed by atoms with Gasteiger partial charge >= 0.3 is 0 Å². The van der Waals surface area contributed by atoms with Crippen LogP contribution >= 0.6 is 0 Å². The molecule has 0 spiro atoms. The van der Waals surface area contributed by atoms with Crippen molar-refractivity contribution in [2.75, 3.05) is 0 Å². The second-order valence-electron chi connectivity index (χ2n) is 2.54. The van der Waals surface area contributed by atoms with Crippen LogP contribution in [0.15, 0.2) is 17.4 Å². The lowest BCUT2D eigenvalue weighted by atomic mass is 10.1. The molecule has 0 saturated heterocycles. The fourth-order valence-electron chi connectivity index (χ4n) is 0.753. The Morgan fingerprint density at radius 2 is 2.40 bits per heavy atom. The highest BCUT2D eigenvalue weighted by Crippen LogP contribution is 2.01. The molecular weight excluding hydrogens is 124 g/mol. The maximum Gasteiger partial charge on any atom is 0.115 e. The van der Waals surface area contributed by atoms with Gasteiger partial charge in [-0.15, -0.1) is 0 Å². The molecule has 0 heterocycles. The number of hydrogen-bond acceptors (Lipinski definition) is 2. The number of nitrogens with zero attached hydrogens (tertiary/aromatic N) is 1. The van der Waals surface area contributed by atoms with Crippen LogP contribution in [0.2, 0.25) is 0 Å². The van der Waals surface area contributed by atoms with Crippen LogP contribution in [-0.2, 0) is 0 Å². The second kappa shape index (κ2) is 5.03. The monoisotopic (exact) mass is 140 g/mol. The molecule has 2 heteroatoms. The van der Waals surface area contributed by atoms with E-state index in [1.807, 2.05) is 6.21 Å². The molecule has 58 valence electrons. The molecule has 2 N–H and O–H groups in total. The Kier molecular flexibility index (Phi) is 4.63. The van der Waals surface area contributed by atoms with Crippen LogP contribution in [0.4, 0.5) is 0 Å². The Balaban J connectivity index is 3.55. The summed E-state index contributed by atoms with van der Waals surface area (Å²) in [6.07, 6.45) is 4.20. The van der Waals surface area contributed by atoms with Crippen molar-refractivity contribution in [3.63, 3.8) is 0 Å². The van der Waals surface area contributed by atoms with Crippen LogP contribution < -0.4 is 5.73 Å². The van der Waals surface area contributed by atoms with Gasteiger partial charge < -0.3 is 5.73 Å². The fourth-order valence-corrected chi connectivity index (χ4v) is 0.753. The van der Waals surface area contributed by atoms with Crippen LogP contribution in [0.5, 0.6) is 0 Å². The summed E-state index contributed by atoms with van der Waals surface area (Å²) in [5.74, 6) is 0.910. The summed E-state index contributed by atoms with van der Waals surface area (Å²) in [6, 6.07) is 0. The van der Waals surface area contributed by atoms with Gasteiger partial charge in [-0.25, -0.2) is 4.99 Å². The van der Waals surface area contributed by atoms with Gasteiger partial charge in [-0.3, -0.25) is 0 Å². The molecule has 0 aliphatic rings. The predicted octanol–water partition coefficient (Wildman–Crippen LogP) is 1.92. The van der Waals surface area contributed by atoms with E-state index in [0.717, 1.165) is 6.42 Å². The summed E-state index contributed by atoms with van der Waals surface area (Å²) in [7, 11) is 0. The van der Waals surface area contributed by atoms with Crippen molar-refractivity contribution in [2.45, 2.75) is 26.7 Å². The van der Waals surface area contributed by atoms with Gasteiger partial charge in [0.05, 0.1) is 0 Å². The molecule has 0 bridgehead atoms. The van der Waals surface area contributed by atoms with Crippen molar-refractivity contribution in [1.29, 1.82) is 0 Å². The molecule has 0 aromatic carbocycles. The van der Waals surface area contributed by atoms with E-state index in [4.69, 9.17) is 5.73 Å². The lowest BCUT2D eigenvalue weighted by Gasteiger charge is -2.00. The summed E-state index contributed by atoms with van der Waals surface area (Å²) < 4.78 is 0. The Morgan fingerprint density at radius 1 is 1.80 bits per heavy atom. The van der Waals surface area contributed by atoms with E-state index in [9.17, 15) is 0 Å². The summed E-state index contributed by atoms with van der Waals surface area (Å²) in [6.45, 7) is 7.74. The van der Waals surface area contributed by atoms with Crippen LogP contribution in [0.25, 0.3) is 0 Å². The lowest BCUT2D eigenvalue weighted by Crippen LogP contribution is -1.97. The van der Waals surface area contributed by atoms with Gasteiger partial charge in [0.1, 0.15) is 5.82 Å². The smallest absolute Gasteiger partial charge is 0.115 e. The average molecular weight is 140 g/mol. The van der Waals surface area contributed by atoms with Crippen molar-refractivity contribution in [3.8, 4) is 0 Å². The van der Waals surface area contributed by atoms with E-state index in [0.29, 0.717) is 11.7 Å². The van der Waals surface area contributed by atoms with Crippen LogP contribution in [-0.4, -0.2) is 6.21 Å². The molecule has 0 fully saturated rings.